The molecule has 1 aliphatic rings. The number of nitrogens with zero attached hydrogens (tertiary/aromatic N) is 3. The summed E-state index contributed by atoms with van der Waals surface area (Å²) in [6.45, 7) is 0. The summed E-state index contributed by atoms with van der Waals surface area (Å²) in [6.07, 6.45) is -6.07. The van der Waals surface area contributed by atoms with Crippen molar-refractivity contribution in [1.29, 1.82) is 0 Å². The number of imide groups is 1. The quantitative estimate of drug-likeness (QED) is 0.465. The molecule has 1 saturated heterocycles. The second kappa shape index (κ2) is 5.69. The van der Waals surface area contributed by atoms with Crippen LogP contribution < -0.4 is 4.90 Å². The Hall–Kier alpha value is -2.79. The van der Waals surface area contributed by atoms with Crippen LogP contribution in [0, 0.1) is 21.7 Å². The molecule has 1 fully saturated rings. The highest BCUT2D eigenvalue weighted by Gasteiger charge is 2.51. The van der Waals surface area contributed by atoms with Crippen LogP contribution in [0.3, 0.4) is 0 Å². The Morgan fingerprint density at radius 3 is 2.29 bits per heavy atom. The number of carbonyl (C=O) groups excluding carboxylic acids is 2. The number of halogens is 5. The fourth-order valence-electron chi connectivity index (χ4n) is 2.20. The van der Waals surface area contributed by atoms with E-state index in [4.69, 9.17) is 0 Å². The molecule has 2 rings (SSSR count). The van der Waals surface area contributed by atoms with Crippen LogP contribution in [0.5, 0.6) is 0 Å². The van der Waals surface area contributed by atoms with Crippen molar-refractivity contribution in [3.63, 3.8) is 0 Å². The van der Waals surface area contributed by atoms with Crippen LogP contribution in [0.25, 0.3) is 0 Å². The van der Waals surface area contributed by atoms with Gasteiger partial charge in [-0.25, -0.2) is 14.1 Å². The van der Waals surface area contributed by atoms with Crippen LogP contribution in [0.1, 0.15) is 6.42 Å². The zero-order valence-corrected chi connectivity index (χ0v) is 11.8. The minimum Gasteiger partial charge on any atom is -0.314 e. The number of nitro groups is 1. The number of carbonyl (C=O) groups is 2. The molecule has 0 spiro atoms. The Kier molecular flexibility index (Phi) is 4.16. The fourth-order valence-corrected chi connectivity index (χ4v) is 2.20. The Morgan fingerprint density at radius 2 is 1.79 bits per heavy atom. The number of hydrogen-bond donors (Lipinski definition) is 0. The van der Waals surface area contributed by atoms with E-state index in [1.807, 2.05) is 0 Å². The molecule has 24 heavy (non-hydrogen) atoms. The summed E-state index contributed by atoms with van der Waals surface area (Å²) in [5.74, 6) is -4.45. The zero-order valence-electron chi connectivity index (χ0n) is 11.8. The first-order chi connectivity index (χ1) is 10.9. The summed E-state index contributed by atoms with van der Waals surface area (Å²) in [5, 5.41) is 10.5. The minimum absolute atomic E-state index is 0.0182. The third-order valence-corrected chi connectivity index (χ3v) is 3.41. The van der Waals surface area contributed by atoms with Gasteiger partial charge in [0.1, 0.15) is 6.04 Å². The number of nitro benzene ring substituents is 1. The van der Waals surface area contributed by atoms with Crippen molar-refractivity contribution in [2.45, 2.75) is 18.6 Å². The van der Waals surface area contributed by atoms with E-state index in [2.05, 4.69) is 0 Å². The standard InChI is InChI=1S/C12H8F5N3O4/c1-18-9(12(15,16)17)4-10(21)19(11(18)22)7-2-6(14)8(20(23)24)3-5(7)13/h2-3,9H,4H2,1H3. The fraction of sp³-hybridized carbons (Fsp3) is 0.333. The first-order valence-corrected chi connectivity index (χ1v) is 6.25. The Morgan fingerprint density at radius 1 is 1.21 bits per heavy atom. The number of benzene rings is 1. The molecule has 3 amide bonds. The van der Waals surface area contributed by atoms with E-state index < -0.39 is 58.5 Å². The Labute approximate surface area is 130 Å². The molecule has 0 aromatic heterocycles. The molecular formula is C12H8F5N3O4. The van der Waals surface area contributed by atoms with Gasteiger partial charge in [0.05, 0.1) is 23.1 Å². The Balaban J connectivity index is 2.47. The largest absolute Gasteiger partial charge is 0.409 e. The molecule has 0 radical (unpaired) electrons. The summed E-state index contributed by atoms with van der Waals surface area (Å²) < 4.78 is 65.9. The molecule has 1 unspecified atom stereocenters. The van der Waals surface area contributed by atoms with Crippen LogP contribution in [0.15, 0.2) is 12.1 Å². The van der Waals surface area contributed by atoms with E-state index in [1.54, 1.807) is 0 Å². The third kappa shape index (κ3) is 2.86. The highest BCUT2D eigenvalue weighted by molar-refractivity contribution is 6.16. The lowest BCUT2D eigenvalue weighted by Crippen LogP contribution is -2.60. The maximum atomic E-state index is 13.9. The second-order valence-corrected chi connectivity index (χ2v) is 4.90. The smallest absolute Gasteiger partial charge is 0.314 e. The van der Waals surface area contributed by atoms with Crippen LogP contribution in [-0.4, -0.2) is 41.0 Å². The van der Waals surface area contributed by atoms with Gasteiger partial charge in [-0.05, 0) is 0 Å². The molecule has 130 valence electrons. The van der Waals surface area contributed by atoms with Crippen LogP contribution >= 0.6 is 0 Å². The summed E-state index contributed by atoms with van der Waals surface area (Å²) in [4.78, 5) is 33.3. The lowest BCUT2D eigenvalue weighted by atomic mass is 10.1. The maximum absolute atomic E-state index is 13.9. The predicted molar refractivity (Wildman–Crippen MR) is 68.1 cm³/mol. The Bertz CT molecular complexity index is 736. The summed E-state index contributed by atoms with van der Waals surface area (Å²) in [6, 6.07) is -3.58. The third-order valence-electron chi connectivity index (χ3n) is 3.41. The number of alkyl halides is 3. The monoisotopic (exact) mass is 353 g/mol. The average Bonchev–Trinajstić information content (AvgIpc) is 2.44. The van der Waals surface area contributed by atoms with E-state index in [-0.39, 0.29) is 21.9 Å². The van der Waals surface area contributed by atoms with Gasteiger partial charge < -0.3 is 4.90 Å². The normalized spacial score (nSPS) is 19.0. The minimum atomic E-state index is -4.88. The van der Waals surface area contributed by atoms with Crippen LogP contribution in [0.2, 0.25) is 0 Å². The molecule has 0 aliphatic carbocycles. The van der Waals surface area contributed by atoms with Gasteiger partial charge in [0.2, 0.25) is 11.7 Å². The van der Waals surface area contributed by atoms with Gasteiger partial charge in [0, 0.05) is 13.1 Å². The first kappa shape index (κ1) is 17.6. The van der Waals surface area contributed by atoms with Crippen molar-refractivity contribution in [3.8, 4) is 0 Å². The molecule has 1 aliphatic heterocycles. The number of hydrogen-bond acceptors (Lipinski definition) is 4. The molecule has 0 N–H and O–H groups in total. The van der Waals surface area contributed by atoms with E-state index in [0.717, 1.165) is 7.05 Å². The van der Waals surface area contributed by atoms with E-state index >= 15 is 0 Å². The van der Waals surface area contributed by atoms with Gasteiger partial charge in [-0.3, -0.25) is 14.9 Å². The highest BCUT2D eigenvalue weighted by Crippen LogP contribution is 2.35. The van der Waals surface area contributed by atoms with Gasteiger partial charge in [-0.2, -0.15) is 17.6 Å². The number of anilines is 1. The molecule has 1 heterocycles. The van der Waals surface area contributed by atoms with Gasteiger partial charge >= 0.3 is 17.9 Å². The number of rotatable bonds is 2. The number of urea groups is 1. The van der Waals surface area contributed by atoms with Crippen molar-refractivity contribution in [2.24, 2.45) is 0 Å². The van der Waals surface area contributed by atoms with Crippen LogP contribution in [0.4, 0.5) is 38.1 Å². The lowest BCUT2D eigenvalue weighted by molar-refractivity contribution is -0.387. The summed E-state index contributed by atoms with van der Waals surface area (Å²) >= 11 is 0. The molecule has 0 bridgehead atoms. The van der Waals surface area contributed by atoms with Crippen molar-refractivity contribution in [2.75, 3.05) is 11.9 Å². The summed E-state index contributed by atoms with van der Waals surface area (Å²) in [5.41, 5.74) is -2.24. The van der Waals surface area contributed by atoms with Crippen LogP contribution in [-0.2, 0) is 4.79 Å². The zero-order chi connectivity index (χ0) is 18.4. The maximum Gasteiger partial charge on any atom is 0.409 e. The highest BCUT2D eigenvalue weighted by atomic mass is 19.4. The molecule has 1 aromatic carbocycles. The summed E-state index contributed by atoms with van der Waals surface area (Å²) in [7, 11) is 0.750. The SMILES string of the molecule is CN1C(=O)N(c2cc(F)c([N+](=O)[O-])cc2F)C(=O)CC1C(F)(F)F. The molecule has 1 atom stereocenters. The van der Waals surface area contributed by atoms with Crippen molar-refractivity contribution >= 4 is 23.3 Å². The van der Waals surface area contributed by atoms with E-state index in [1.165, 1.54) is 0 Å². The van der Waals surface area contributed by atoms with Crippen molar-refractivity contribution in [1.82, 2.24) is 4.90 Å². The van der Waals surface area contributed by atoms with E-state index in [0.29, 0.717) is 0 Å². The molecular weight excluding hydrogens is 345 g/mol. The topological polar surface area (TPSA) is 83.8 Å². The van der Waals surface area contributed by atoms with Gasteiger partial charge in [-0.15, -0.1) is 0 Å². The van der Waals surface area contributed by atoms with Crippen molar-refractivity contribution in [3.05, 3.63) is 33.9 Å². The molecule has 7 nitrogen and oxygen atoms in total. The van der Waals surface area contributed by atoms with Gasteiger partial charge in [0.25, 0.3) is 0 Å². The van der Waals surface area contributed by atoms with E-state index in [9.17, 15) is 41.7 Å². The lowest BCUT2D eigenvalue weighted by Gasteiger charge is -2.38. The molecule has 1 aromatic rings. The molecule has 0 saturated carbocycles. The van der Waals surface area contributed by atoms with Gasteiger partial charge in [0.15, 0.2) is 5.82 Å². The van der Waals surface area contributed by atoms with Gasteiger partial charge in [-0.1, -0.05) is 0 Å². The predicted octanol–water partition coefficient (Wildman–Crippen LogP) is 2.59. The first-order valence-electron chi connectivity index (χ1n) is 6.25. The number of amides is 3. The average molecular weight is 353 g/mol. The molecule has 12 heteroatoms. The second-order valence-electron chi connectivity index (χ2n) is 4.90. The van der Waals surface area contributed by atoms with Crippen molar-refractivity contribution < 1.29 is 36.5 Å².